The molecule has 0 aromatic heterocycles. The molecule has 5 aliphatic rings. The van der Waals surface area contributed by atoms with Crippen LogP contribution >= 0.6 is 0 Å². The van der Waals surface area contributed by atoms with Crippen LogP contribution in [0.3, 0.4) is 0 Å². The maximum Gasteiger partial charge on any atom is 0.352 e. The first-order valence-electron chi connectivity index (χ1n) is 11.0. The SMILES string of the molecule is CC1(C)[C@@]2(C)CC[C@]1(C(=O)O[C@]1(C#N)C[C@H]3O[C@@H]1[C@H]1[C@@H]3N1C(=O)c1ccccc1)OC2=O. The molecule has 1 aliphatic carbocycles. The van der Waals surface area contributed by atoms with Gasteiger partial charge in [-0.05, 0) is 31.9 Å². The van der Waals surface area contributed by atoms with Gasteiger partial charge in [0.15, 0.2) is 0 Å². The third-order valence-corrected chi connectivity index (χ3v) is 9.01. The van der Waals surface area contributed by atoms with Crippen LogP contribution in [-0.2, 0) is 23.8 Å². The summed E-state index contributed by atoms with van der Waals surface area (Å²) in [7, 11) is 0. The van der Waals surface area contributed by atoms with Gasteiger partial charge in [-0.1, -0.05) is 32.0 Å². The number of carbonyl (C=O) groups excluding carboxylic acids is 3. The predicted octanol–water partition coefficient (Wildman–Crippen LogP) is 1.98. The van der Waals surface area contributed by atoms with E-state index in [1.54, 1.807) is 29.2 Å². The zero-order valence-electron chi connectivity index (χ0n) is 18.2. The Balaban J connectivity index is 1.26. The molecule has 0 spiro atoms. The van der Waals surface area contributed by atoms with E-state index in [0.717, 1.165) is 0 Å². The van der Waals surface area contributed by atoms with E-state index < -0.39 is 40.1 Å². The Hall–Kier alpha value is -2.92. The topological polar surface area (TPSA) is 106 Å². The number of esters is 2. The standard InChI is InChI=1S/C24H24N2O6/c1-21(2)22(3)9-10-24(21,32-19(22)28)20(29)31-23(12-25)11-14-15-16(17(23)30-14)26(15)18(27)13-7-5-4-6-8-13/h4-8,14-17H,9-11H2,1-3H3/t14-,15-,16-,17-,22+,23+,24-,26?/m1/s1. The molecular formula is C24H24N2O6. The van der Waals surface area contributed by atoms with E-state index in [9.17, 15) is 19.6 Å². The van der Waals surface area contributed by atoms with E-state index in [4.69, 9.17) is 14.2 Å². The van der Waals surface area contributed by atoms with Gasteiger partial charge in [0.1, 0.15) is 12.2 Å². The maximum atomic E-state index is 13.5. The number of likely N-dealkylation sites (tertiary alicyclic amines) is 1. The summed E-state index contributed by atoms with van der Waals surface area (Å²) in [6.07, 6.45) is 0.00281. The Kier molecular flexibility index (Phi) is 3.52. The van der Waals surface area contributed by atoms with E-state index in [0.29, 0.717) is 18.4 Å². The molecule has 8 nitrogen and oxygen atoms in total. The second kappa shape index (κ2) is 5.70. The van der Waals surface area contributed by atoms with E-state index in [-0.39, 0.29) is 30.5 Å². The van der Waals surface area contributed by atoms with Gasteiger partial charge >= 0.3 is 11.9 Å². The molecule has 7 atom stereocenters. The summed E-state index contributed by atoms with van der Waals surface area (Å²) in [6.45, 7) is 5.51. The highest BCUT2D eigenvalue weighted by Crippen LogP contribution is 2.66. The van der Waals surface area contributed by atoms with Crippen molar-refractivity contribution in [3.05, 3.63) is 35.9 Å². The molecule has 32 heavy (non-hydrogen) atoms. The van der Waals surface area contributed by atoms with Crippen molar-refractivity contribution >= 4 is 17.8 Å². The maximum absolute atomic E-state index is 13.5. The van der Waals surface area contributed by atoms with Gasteiger partial charge in [-0.15, -0.1) is 0 Å². The smallest absolute Gasteiger partial charge is 0.352 e. The van der Waals surface area contributed by atoms with Gasteiger partial charge in [-0.25, -0.2) is 4.79 Å². The number of amides is 1. The zero-order chi connectivity index (χ0) is 22.7. The van der Waals surface area contributed by atoms with Crippen LogP contribution in [-0.4, -0.2) is 58.2 Å². The molecule has 0 unspecified atom stereocenters. The predicted molar refractivity (Wildman–Crippen MR) is 108 cm³/mol. The second-order valence-corrected chi connectivity index (χ2v) is 10.4. The largest absolute Gasteiger partial charge is 0.446 e. The molecule has 5 fully saturated rings. The number of fused-ring (bicyclic) bond motifs is 7. The Morgan fingerprint density at radius 2 is 1.88 bits per heavy atom. The lowest BCUT2D eigenvalue weighted by Crippen LogP contribution is -2.55. The summed E-state index contributed by atoms with van der Waals surface area (Å²) in [5.74, 6) is -1.20. The highest BCUT2D eigenvalue weighted by Gasteiger charge is 2.80. The Morgan fingerprint density at radius 1 is 1.16 bits per heavy atom. The number of hydrogen-bond donors (Lipinski definition) is 0. The fourth-order valence-corrected chi connectivity index (χ4v) is 6.49. The normalized spacial score (nSPS) is 44.1. The minimum absolute atomic E-state index is 0.110. The van der Waals surface area contributed by atoms with Crippen molar-refractivity contribution < 1.29 is 28.6 Å². The molecule has 6 rings (SSSR count). The molecule has 1 aromatic rings. The minimum Gasteiger partial charge on any atom is -0.446 e. The van der Waals surface area contributed by atoms with Crippen molar-refractivity contribution in [3.63, 3.8) is 0 Å². The van der Waals surface area contributed by atoms with Gasteiger partial charge in [0.2, 0.25) is 11.2 Å². The number of hydrogen-bond acceptors (Lipinski definition) is 7. The zero-order valence-corrected chi connectivity index (χ0v) is 18.2. The average molecular weight is 436 g/mol. The highest BCUT2D eigenvalue weighted by molar-refractivity contribution is 5.97. The van der Waals surface area contributed by atoms with Crippen LogP contribution in [0.2, 0.25) is 0 Å². The van der Waals surface area contributed by atoms with Crippen molar-refractivity contribution in [1.82, 2.24) is 4.90 Å². The van der Waals surface area contributed by atoms with E-state index in [1.165, 1.54) is 0 Å². The lowest BCUT2D eigenvalue weighted by molar-refractivity contribution is -0.194. The molecule has 4 aliphatic heterocycles. The van der Waals surface area contributed by atoms with E-state index >= 15 is 0 Å². The number of nitrogens with zero attached hydrogens (tertiary/aromatic N) is 2. The highest BCUT2D eigenvalue weighted by atomic mass is 16.6. The summed E-state index contributed by atoms with van der Waals surface area (Å²) >= 11 is 0. The van der Waals surface area contributed by atoms with Crippen LogP contribution in [0, 0.1) is 22.2 Å². The quantitative estimate of drug-likeness (QED) is 0.527. The first-order valence-corrected chi connectivity index (χ1v) is 11.0. The first kappa shape index (κ1) is 19.7. The molecule has 4 bridgehead atoms. The van der Waals surface area contributed by atoms with Gasteiger partial charge in [-0.2, -0.15) is 5.26 Å². The number of rotatable bonds is 3. The molecule has 0 radical (unpaired) electrons. The van der Waals surface area contributed by atoms with Crippen LogP contribution in [0.25, 0.3) is 0 Å². The molecule has 8 heteroatoms. The summed E-state index contributed by atoms with van der Waals surface area (Å²) in [4.78, 5) is 40.7. The fraction of sp³-hybridized carbons (Fsp3) is 0.583. The summed E-state index contributed by atoms with van der Waals surface area (Å²) < 4.78 is 17.5. The Labute approximate surface area is 185 Å². The number of benzene rings is 1. The van der Waals surface area contributed by atoms with E-state index in [2.05, 4.69) is 6.07 Å². The Bertz CT molecular complexity index is 1110. The van der Waals surface area contributed by atoms with Crippen LogP contribution < -0.4 is 0 Å². The molecule has 0 N–H and O–H groups in total. The molecule has 1 aromatic carbocycles. The van der Waals surface area contributed by atoms with Crippen LogP contribution in [0.4, 0.5) is 0 Å². The molecular weight excluding hydrogens is 412 g/mol. The third-order valence-electron chi connectivity index (χ3n) is 9.01. The second-order valence-electron chi connectivity index (χ2n) is 10.4. The monoisotopic (exact) mass is 436 g/mol. The number of nitriles is 1. The van der Waals surface area contributed by atoms with Gasteiger partial charge in [0.05, 0.1) is 23.6 Å². The van der Waals surface area contributed by atoms with Gasteiger partial charge in [0.25, 0.3) is 5.91 Å². The van der Waals surface area contributed by atoms with Crippen molar-refractivity contribution in [2.75, 3.05) is 0 Å². The van der Waals surface area contributed by atoms with Crippen molar-refractivity contribution in [1.29, 1.82) is 5.26 Å². The molecule has 166 valence electrons. The van der Waals surface area contributed by atoms with Gasteiger partial charge in [-0.3, -0.25) is 9.59 Å². The summed E-state index contributed by atoms with van der Waals surface area (Å²) in [5.41, 5.74) is -3.87. The Morgan fingerprint density at radius 3 is 2.47 bits per heavy atom. The lowest BCUT2D eigenvalue weighted by atomic mass is 9.66. The average Bonchev–Trinajstić information content (AvgIpc) is 3.13. The van der Waals surface area contributed by atoms with Crippen LogP contribution in [0.15, 0.2) is 30.3 Å². The molecule has 4 heterocycles. The summed E-state index contributed by atoms with van der Waals surface area (Å²) in [6, 6.07) is 10.7. The van der Waals surface area contributed by atoms with Crippen LogP contribution in [0.1, 0.15) is 50.4 Å². The molecule has 4 saturated heterocycles. The lowest BCUT2D eigenvalue weighted by Gasteiger charge is -2.37. The van der Waals surface area contributed by atoms with E-state index in [1.807, 2.05) is 26.8 Å². The molecule has 1 amide bonds. The minimum atomic E-state index is -1.51. The molecule has 1 saturated carbocycles. The number of morpholine rings is 1. The van der Waals surface area contributed by atoms with Gasteiger partial charge < -0.3 is 19.1 Å². The van der Waals surface area contributed by atoms with Crippen molar-refractivity contribution in [2.24, 2.45) is 10.8 Å². The third kappa shape index (κ3) is 2.00. The van der Waals surface area contributed by atoms with Crippen molar-refractivity contribution in [3.8, 4) is 6.07 Å². The first-order chi connectivity index (χ1) is 15.1. The van der Waals surface area contributed by atoms with Crippen LogP contribution in [0.5, 0.6) is 0 Å². The van der Waals surface area contributed by atoms with Crippen molar-refractivity contribution in [2.45, 2.75) is 75.5 Å². The number of ether oxygens (including phenoxy) is 3. The number of carbonyl (C=O) groups is 3. The van der Waals surface area contributed by atoms with Gasteiger partial charge in [0, 0.05) is 17.4 Å². The summed E-state index contributed by atoms with van der Waals surface area (Å²) in [5, 5.41) is 10.1. The fourth-order valence-electron chi connectivity index (χ4n) is 6.49.